The van der Waals surface area contributed by atoms with E-state index in [9.17, 15) is 0 Å². The van der Waals surface area contributed by atoms with Gasteiger partial charge in [-0.3, -0.25) is 0 Å². The number of hydrogen-bond donors (Lipinski definition) is 0. The van der Waals surface area contributed by atoms with Crippen molar-refractivity contribution in [3.63, 3.8) is 0 Å². The molecular formula is C48H57IrN3OSi-2. The molecule has 0 unspecified atom stereocenters. The molecule has 0 N–H and O–H groups in total. The Morgan fingerprint density at radius 2 is 1.57 bits per heavy atom. The van der Waals surface area contributed by atoms with Crippen LogP contribution in [0.25, 0.3) is 44.6 Å². The van der Waals surface area contributed by atoms with Crippen LogP contribution < -0.4 is 5.19 Å². The van der Waals surface area contributed by atoms with Gasteiger partial charge in [0.05, 0.1) is 13.7 Å². The molecule has 2 aromatic carbocycles. The minimum atomic E-state index is -1.41. The molecule has 8 rings (SSSR count). The summed E-state index contributed by atoms with van der Waals surface area (Å²) in [5.74, 6) is 1.56. The van der Waals surface area contributed by atoms with Gasteiger partial charge in [-0.05, 0) is 65.9 Å². The normalized spacial score (nSPS) is 15.6. The summed E-state index contributed by atoms with van der Waals surface area (Å²) in [5.41, 5.74) is 11.1. The van der Waals surface area contributed by atoms with Crippen LogP contribution in [0.1, 0.15) is 107 Å². The second-order valence-electron chi connectivity index (χ2n) is 18.0. The van der Waals surface area contributed by atoms with E-state index in [-0.39, 0.29) is 25.5 Å². The van der Waals surface area contributed by atoms with E-state index in [1.54, 1.807) is 0 Å². The van der Waals surface area contributed by atoms with Crippen LogP contribution >= 0.6 is 0 Å². The molecule has 285 valence electrons. The van der Waals surface area contributed by atoms with Gasteiger partial charge in [0, 0.05) is 43.6 Å². The van der Waals surface area contributed by atoms with E-state index in [0.29, 0.717) is 5.71 Å². The summed E-state index contributed by atoms with van der Waals surface area (Å²) in [6.07, 6.45) is 18.6. The van der Waals surface area contributed by atoms with Crippen LogP contribution in [0.5, 0.6) is 0 Å². The molecule has 4 heterocycles. The Bertz CT molecular complexity index is 2160. The van der Waals surface area contributed by atoms with Gasteiger partial charge in [-0.1, -0.05) is 138 Å². The number of nitrogens with zero attached hydrogens (tertiary/aromatic N) is 3. The zero-order valence-corrected chi connectivity index (χ0v) is 36.8. The van der Waals surface area contributed by atoms with Crippen LogP contribution in [0.15, 0.2) is 77.5 Å². The molecule has 0 bridgehead atoms. The van der Waals surface area contributed by atoms with Gasteiger partial charge in [-0.2, -0.15) is 0 Å². The van der Waals surface area contributed by atoms with Crippen molar-refractivity contribution in [2.24, 2.45) is 11.3 Å². The van der Waals surface area contributed by atoms with Gasteiger partial charge >= 0.3 is 0 Å². The second-order valence-corrected chi connectivity index (χ2v) is 23.0. The van der Waals surface area contributed by atoms with Crippen molar-refractivity contribution in [2.75, 3.05) is 0 Å². The molecule has 4 nitrogen and oxygen atoms in total. The van der Waals surface area contributed by atoms with E-state index in [2.05, 4.69) is 111 Å². The summed E-state index contributed by atoms with van der Waals surface area (Å²) in [5, 5.41) is 3.62. The molecule has 0 atom stereocenters. The number of benzene rings is 2. The number of furan rings is 1. The molecule has 2 aliphatic carbocycles. The van der Waals surface area contributed by atoms with Crippen molar-refractivity contribution in [1.29, 1.82) is 0 Å². The zero-order chi connectivity index (χ0) is 37.2. The third-order valence-corrected chi connectivity index (χ3v) is 13.3. The van der Waals surface area contributed by atoms with Gasteiger partial charge < -0.3 is 14.4 Å². The maximum Gasteiger partial charge on any atom is 0.216 e. The maximum atomic E-state index is 6.11. The Morgan fingerprint density at radius 3 is 2.28 bits per heavy atom. The smallest absolute Gasteiger partial charge is 0.216 e. The summed E-state index contributed by atoms with van der Waals surface area (Å²) in [4.78, 5) is 14.0. The van der Waals surface area contributed by atoms with E-state index in [4.69, 9.17) is 9.40 Å². The molecule has 6 aromatic rings. The largest absolute Gasteiger partial charge is 0.486 e. The standard InChI is InChI=1S/C25H36NSi.C23H21N2O.Ir/c1-25(2,3)17-22-16-23(26-18-24(22)27(4,5)6)21-14-12-20(13-15-21)19-10-8-7-9-11-19;1-15-9-10-19-18-7-4-8-20(22(18)26-23(19)25-15)21-14-17(11-12-24-21)13-16-5-2-3-6-16;/h12-14,16,18-19H,7-11,17H2,1-6H3;4,7,9-12,14,16H,2-3,5-6,13H2,1H3;/q2*-1;. The molecule has 1 radical (unpaired) electrons. The van der Waals surface area contributed by atoms with E-state index < -0.39 is 8.07 Å². The summed E-state index contributed by atoms with van der Waals surface area (Å²) in [6, 6.07) is 28.5. The first kappa shape index (κ1) is 40.2. The molecule has 0 saturated heterocycles. The summed E-state index contributed by atoms with van der Waals surface area (Å²) in [7, 11) is -1.41. The Labute approximate surface area is 338 Å². The number of aryl methyl sites for hydroxylation is 1. The molecule has 0 spiro atoms. The van der Waals surface area contributed by atoms with Crippen molar-refractivity contribution in [2.45, 2.75) is 124 Å². The Balaban J connectivity index is 0.000000181. The van der Waals surface area contributed by atoms with Gasteiger partial charge in [-0.15, -0.1) is 53.6 Å². The first-order valence-electron chi connectivity index (χ1n) is 20.1. The maximum absolute atomic E-state index is 6.11. The van der Waals surface area contributed by atoms with Crippen LogP contribution in [0.3, 0.4) is 0 Å². The minimum Gasteiger partial charge on any atom is -0.486 e. The van der Waals surface area contributed by atoms with Gasteiger partial charge in [0.25, 0.3) is 0 Å². The van der Waals surface area contributed by atoms with Gasteiger partial charge in [-0.25, -0.2) is 4.98 Å². The molecule has 6 heteroatoms. The van der Waals surface area contributed by atoms with Crippen molar-refractivity contribution in [3.8, 4) is 22.5 Å². The fourth-order valence-electron chi connectivity index (χ4n) is 8.51. The molecule has 54 heavy (non-hydrogen) atoms. The number of hydrogen-bond acceptors (Lipinski definition) is 4. The first-order chi connectivity index (χ1) is 25.4. The molecule has 2 saturated carbocycles. The summed E-state index contributed by atoms with van der Waals surface area (Å²) < 4.78 is 6.11. The Hall–Kier alpha value is -3.44. The average molecular weight is 912 g/mol. The van der Waals surface area contributed by atoms with Crippen LogP contribution in [-0.4, -0.2) is 23.0 Å². The first-order valence-corrected chi connectivity index (χ1v) is 23.6. The molecule has 0 amide bonds. The second kappa shape index (κ2) is 17.1. The quantitative estimate of drug-likeness (QED) is 0.118. The van der Waals surface area contributed by atoms with Crippen molar-refractivity contribution in [1.82, 2.24) is 15.0 Å². The minimum absolute atomic E-state index is 0. The number of fused-ring (bicyclic) bond motifs is 3. The van der Waals surface area contributed by atoms with E-state index in [1.165, 1.54) is 79.7 Å². The van der Waals surface area contributed by atoms with Crippen LogP contribution in [0.4, 0.5) is 0 Å². The van der Waals surface area contributed by atoms with Crippen molar-refractivity contribution < 1.29 is 24.5 Å². The van der Waals surface area contributed by atoms with Gasteiger partial charge in [0.1, 0.15) is 0 Å². The SMILES string of the molecule is CC(C)(C)Cc1cc(-c2[c-]cc(C3CCCCC3)cc2)ncc1[Si](C)(C)C.Cc1ccc2c(n1)oc1c(-c3cc(CC4CCCC4)ccn3)[c-]ccc12.[Ir]. The Morgan fingerprint density at radius 1 is 0.815 bits per heavy atom. The van der Waals surface area contributed by atoms with E-state index >= 15 is 0 Å². The van der Waals surface area contributed by atoms with Crippen LogP contribution in [0, 0.1) is 30.4 Å². The predicted molar refractivity (Wildman–Crippen MR) is 224 cm³/mol. The van der Waals surface area contributed by atoms with Gasteiger partial charge in [0.15, 0.2) is 0 Å². The zero-order valence-electron chi connectivity index (χ0n) is 33.4. The predicted octanol–water partition coefficient (Wildman–Crippen LogP) is 12.6. The molecule has 2 fully saturated rings. The summed E-state index contributed by atoms with van der Waals surface area (Å²) >= 11 is 0. The van der Waals surface area contributed by atoms with Gasteiger partial charge in [0.2, 0.25) is 5.71 Å². The van der Waals surface area contributed by atoms with E-state index in [0.717, 1.165) is 69.2 Å². The summed E-state index contributed by atoms with van der Waals surface area (Å²) in [6.45, 7) is 16.2. The van der Waals surface area contributed by atoms with Crippen molar-refractivity contribution in [3.05, 3.63) is 108 Å². The third-order valence-electron chi connectivity index (χ3n) is 11.2. The topological polar surface area (TPSA) is 51.8 Å². The fraction of sp³-hybridized carbons (Fsp3) is 0.438. The molecule has 0 aliphatic heterocycles. The molecule has 4 aromatic heterocycles. The number of pyridine rings is 3. The van der Waals surface area contributed by atoms with E-state index in [1.807, 2.05) is 31.3 Å². The third kappa shape index (κ3) is 9.67. The molecular weight excluding hydrogens is 855 g/mol. The van der Waals surface area contributed by atoms with Crippen LogP contribution in [0.2, 0.25) is 19.6 Å². The number of rotatable bonds is 7. The molecule has 2 aliphatic rings. The number of aromatic nitrogens is 3. The van der Waals surface area contributed by atoms with Crippen molar-refractivity contribution >= 4 is 35.3 Å². The fourth-order valence-corrected chi connectivity index (χ4v) is 10.1. The monoisotopic (exact) mass is 912 g/mol. The average Bonchev–Trinajstić information content (AvgIpc) is 3.78. The Kier molecular flexibility index (Phi) is 12.8. The van der Waals surface area contributed by atoms with Crippen LogP contribution in [-0.2, 0) is 32.9 Å².